The number of aromatic nitrogens is 3. The number of rotatable bonds is 3. The number of pyridine rings is 1. The molecule has 27 heavy (non-hydrogen) atoms. The van der Waals surface area contributed by atoms with Gasteiger partial charge in [0.1, 0.15) is 5.69 Å². The van der Waals surface area contributed by atoms with Crippen molar-refractivity contribution in [2.45, 2.75) is 12.2 Å². The predicted molar refractivity (Wildman–Crippen MR) is 114 cm³/mol. The smallest absolute Gasteiger partial charge is 0.155 e. The van der Waals surface area contributed by atoms with Gasteiger partial charge in [-0.1, -0.05) is 28.1 Å². The number of aliphatic imine (C=N–C) groups is 1. The van der Waals surface area contributed by atoms with Crippen molar-refractivity contribution in [3.05, 3.63) is 63.8 Å². The molecule has 0 fully saturated rings. The van der Waals surface area contributed by atoms with Crippen LogP contribution in [0, 0.1) is 6.92 Å². The first-order valence-corrected chi connectivity index (χ1v) is 10.5. The highest BCUT2D eigenvalue weighted by Gasteiger charge is 2.31. The van der Waals surface area contributed by atoms with Crippen LogP contribution in [0.15, 0.2) is 52.1 Å². The Labute approximate surface area is 170 Å². The molecular formula is C20H19BrN4OS. The quantitative estimate of drug-likeness (QED) is 0.650. The predicted octanol–water partition coefficient (Wildman–Crippen LogP) is 4.45. The van der Waals surface area contributed by atoms with Crippen molar-refractivity contribution >= 4 is 39.2 Å². The average Bonchev–Trinajstić information content (AvgIpc) is 2.86. The highest BCUT2D eigenvalue weighted by atomic mass is 79.9. The summed E-state index contributed by atoms with van der Waals surface area (Å²) >= 11 is 5.32. The number of fused-ring (bicyclic) bond motifs is 1. The third kappa shape index (κ3) is 3.47. The minimum absolute atomic E-state index is 0.0530. The summed E-state index contributed by atoms with van der Waals surface area (Å²) in [5.41, 5.74) is 5.91. The van der Waals surface area contributed by atoms with Crippen LogP contribution >= 0.6 is 27.7 Å². The average molecular weight is 443 g/mol. The van der Waals surface area contributed by atoms with Crippen LogP contribution in [0.3, 0.4) is 0 Å². The van der Waals surface area contributed by atoms with E-state index in [1.807, 2.05) is 25.2 Å². The number of thioether (sulfide) groups is 1. The Bertz CT molecular complexity index is 1020. The SMILES string of the molecule is Cc1cc(Br)ccc1C1SCC(CO)=Nc2c1c(-c1ccccn1)nn2C. The molecule has 1 aromatic carbocycles. The molecule has 0 radical (unpaired) electrons. The van der Waals surface area contributed by atoms with Crippen molar-refractivity contribution in [1.82, 2.24) is 14.8 Å². The van der Waals surface area contributed by atoms with Crippen LogP contribution in [0.1, 0.15) is 21.9 Å². The van der Waals surface area contributed by atoms with Crippen LogP contribution < -0.4 is 0 Å². The minimum Gasteiger partial charge on any atom is -0.390 e. The van der Waals surface area contributed by atoms with E-state index >= 15 is 0 Å². The van der Waals surface area contributed by atoms with Crippen LogP contribution in [-0.4, -0.2) is 37.9 Å². The second-order valence-corrected chi connectivity index (χ2v) is 8.46. The van der Waals surface area contributed by atoms with Gasteiger partial charge in [-0.15, -0.1) is 11.8 Å². The van der Waals surface area contributed by atoms with E-state index in [0.717, 1.165) is 33.0 Å². The molecule has 0 bridgehead atoms. The molecule has 0 aliphatic carbocycles. The zero-order valence-corrected chi connectivity index (χ0v) is 17.5. The molecule has 1 unspecified atom stereocenters. The number of aliphatic hydroxyl groups is 1. The van der Waals surface area contributed by atoms with Crippen molar-refractivity contribution < 1.29 is 5.11 Å². The summed E-state index contributed by atoms with van der Waals surface area (Å²) in [5.74, 6) is 1.46. The fraction of sp³-hybridized carbons (Fsp3) is 0.250. The minimum atomic E-state index is -0.0530. The lowest BCUT2D eigenvalue weighted by atomic mass is 9.98. The molecule has 5 nitrogen and oxygen atoms in total. The van der Waals surface area contributed by atoms with Gasteiger partial charge in [0.05, 0.1) is 23.3 Å². The number of aryl methyl sites for hydroxylation is 2. The van der Waals surface area contributed by atoms with Crippen molar-refractivity contribution in [2.75, 3.05) is 12.4 Å². The first-order chi connectivity index (χ1) is 13.1. The monoisotopic (exact) mass is 442 g/mol. The maximum Gasteiger partial charge on any atom is 0.155 e. The second-order valence-electron chi connectivity index (χ2n) is 6.45. The van der Waals surface area contributed by atoms with Gasteiger partial charge < -0.3 is 5.11 Å². The topological polar surface area (TPSA) is 63.3 Å². The summed E-state index contributed by atoms with van der Waals surface area (Å²) in [7, 11) is 1.89. The zero-order chi connectivity index (χ0) is 19.0. The van der Waals surface area contributed by atoms with Gasteiger partial charge in [-0.2, -0.15) is 5.10 Å². The van der Waals surface area contributed by atoms with E-state index in [2.05, 4.69) is 46.0 Å². The maximum absolute atomic E-state index is 9.71. The van der Waals surface area contributed by atoms with E-state index in [1.165, 1.54) is 11.1 Å². The van der Waals surface area contributed by atoms with Crippen LogP contribution in [0.5, 0.6) is 0 Å². The molecule has 0 saturated heterocycles. The van der Waals surface area contributed by atoms with Crippen molar-refractivity contribution in [2.24, 2.45) is 12.0 Å². The van der Waals surface area contributed by atoms with Crippen LogP contribution in [-0.2, 0) is 7.05 Å². The van der Waals surface area contributed by atoms with E-state index < -0.39 is 0 Å². The number of hydrogen-bond acceptors (Lipinski definition) is 5. The van der Waals surface area contributed by atoms with Crippen LogP contribution in [0.25, 0.3) is 11.4 Å². The van der Waals surface area contributed by atoms with E-state index in [0.29, 0.717) is 5.75 Å². The molecular weight excluding hydrogens is 424 g/mol. The van der Waals surface area contributed by atoms with E-state index in [1.54, 1.807) is 22.6 Å². The Morgan fingerprint density at radius 1 is 1.30 bits per heavy atom. The Morgan fingerprint density at radius 3 is 2.85 bits per heavy atom. The highest BCUT2D eigenvalue weighted by molar-refractivity contribution is 9.10. The van der Waals surface area contributed by atoms with Gasteiger partial charge in [0.25, 0.3) is 0 Å². The summed E-state index contributed by atoms with van der Waals surface area (Å²) in [5, 5.41) is 14.5. The molecule has 0 spiro atoms. The maximum atomic E-state index is 9.71. The summed E-state index contributed by atoms with van der Waals surface area (Å²) < 4.78 is 2.85. The van der Waals surface area contributed by atoms with Crippen LogP contribution in [0.2, 0.25) is 0 Å². The first kappa shape index (κ1) is 18.4. The zero-order valence-electron chi connectivity index (χ0n) is 15.1. The molecule has 7 heteroatoms. The lowest BCUT2D eigenvalue weighted by Crippen LogP contribution is -2.08. The molecule has 1 aliphatic heterocycles. The standard InChI is InChI=1S/C20H19BrN4OS/c1-12-9-13(21)6-7-15(12)19-17-18(16-5-3-4-8-22-16)24-25(2)20(17)23-14(10-26)11-27-19/h3-9,19,26H,10-11H2,1-2H3. The number of halogens is 1. The normalized spacial score (nSPS) is 16.6. The van der Waals surface area contributed by atoms with E-state index in [9.17, 15) is 5.11 Å². The van der Waals surface area contributed by atoms with Crippen molar-refractivity contribution in [3.8, 4) is 11.4 Å². The van der Waals surface area contributed by atoms with Gasteiger partial charge in [0.2, 0.25) is 0 Å². The Hall–Kier alpha value is -1.96. The fourth-order valence-corrected chi connectivity index (χ4v) is 5.12. The molecule has 3 heterocycles. The molecule has 0 amide bonds. The van der Waals surface area contributed by atoms with Gasteiger partial charge in [-0.05, 0) is 42.3 Å². The Kier molecular flexibility index (Phi) is 5.16. The van der Waals surface area contributed by atoms with Gasteiger partial charge in [0.15, 0.2) is 5.82 Å². The van der Waals surface area contributed by atoms with Crippen LogP contribution in [0.4, 0.5) is 5.82 Å². The summed E-state index contributed by atoms with van der Waals surface area (Å²) in [6, 6.07) is 12.2. The van der Waals surface area contributed by atoms with Crippen molar-refractivity contribution in [3.63, 3.8) is 0 Å². The molecule has 1 atom stereocenters. The van der Waals surface area contributed by atoms with E-state index in [-0.39, 0.29) is 11.9 Å². The number of benzene rings is 1. The van der Waals surface area contributed by atoms with Gasteiger partial charge in [-0.3, -0.25) is 9.67 Å². The number of aliphatic hydroxyl groups excluding tert-OH is 1. The third-order valence-electron chi connectivity index (χ3n) is 4.60. The van der Waals surface area contributed by atoms with Gasteiger partial charge in [-0.25, -0.2) is 4.99 Å². The summed E-state index contributed by atoms with van der Waals surface area (Å²) in [4.78, 5) is 9.25. The Morgan fingerprint density at radius 2 is 2.15 bits per heavy atom. The highest BCUT2D eigenvalue weighted by Crippen LogP contribution is 2.47. The van der Waals surface area contributed by atoms with Gasteiger partial charge in [0, 0.05) is 29.0 Å². The Balaban J connectivity index is 1.96. The van der Waals surface area contributed by atoms with Crippen molar-refractivity contribution in [1.29, 1.82) is 0 Å². The molecule has 1 aliphatic rings. The molecule has 2 aromatic heterocycles. The largest absolute Gasteiger partial charge is 0.390 e. The molecule has 1 N–H and O–H groups in total. The summed E-state index contributed by atoms with van der Waals surface area (Å²) in [6.07, 6.45) is 1.78. The molecule has 3 aromatic rings. The fourth-order valence-electron chi connectivity index (χ4n) is 3.30. The van der Waals surface area contributed by atoms with E-state index in [4.69, 9.17) is 10.1 Å². The third-order valence-corrected chi connectivity index (χ3v) is 6.42. The molecule has 138 valence electrons. The summed E-state index contributed by atoms with van der Waals surface area (Å²) in [6.45, 7) is 2.07. The lowest BCUT2D eigenvalue weighted by Gasteiger charge is -2.19. The first-order valence-electron chi connectivity index (χ1n) is 8.61. The number of nitrogens with zero attached hydrogens (tertiary/aromatic N) is 4. The lowest BCUT2D eigenvalue weighted by molar-refractivity contribution is 0.357. The van der Waals surface area contributed by atoms with Gasteiger partial charge >= 0.3 is 0 Å². The molecule has 4 rings (SSSR count). The number of hydrogen-bond donors (Lipinski definition) is 1. The second kappa shape index (κ2) is 7.58. The molecule has 0 saturated carbocycles.